The molecule has 1 aliphatic carbocycles. The van der Waals surface area contributed by atoms with Crippen LogP contribution < -0.4 is 16.0 Å². The number of thiocarbonyl (C=S) groups is 1. The second kappa shape index (κ2) is 10.7. The van der Waals surface area contributed by atoms with Crippen molar-refractivity contribution >= 4 is 40.8 Å². The number of rotatable bonds is 5. The van der Waals surface area contributed by atoms with Gasteiger partial charge in [0, 0.05) is 22.9 Å². The summed E-state index contributed by atoms with van der Waals surface area (Å²) in [7, 11) is 1.29. The van der Waals surface area contributed by atoms with Crippen molar-refractivity contribution in [1.29, 1.82) is 0 Å². The largest absolute Gasteiger partial charge is 0.465 e. The summed E-state index contributed by atoms with van der Waals surface area (Å²) < 4.78 is 4.64. The van der Waals surface area contributed by atoms with E-state index in [1.165, 1.54) is 37.8 Å². The lowest BCUT2D eigenvalue weighted by atomic mass is 9.95. The number of esters is 1. The average Bonchev–Trinajstić information content (AvgIpc) is 2.79. The molecule has 2 amide bonds. The van der Waals surface area contributed by atoms with Crippen LogP contribution in [0.25, 0.3) is 0 Å². The van der Waals surface area contributed by atoms with Crippen LogP contribution in [0.3, 0.4) is 0 Å². The molecular formula is C23H25N3O4S. The van der Waals surface area contributed by atoms with Crippen LogP contribution in [0.5, 0.6) is 0 Å². The lowest BCUT2D eigenvalue weighted by molar-refractivity contribution is 0.0600. The van der Waals surface area contributed by atoms with Crippen LogP contribution in [0, 0.1) is 0 Å². The Hall–Kier alpha value is -3.26. The number of anilines is 1. The van der Waals surface area contributed by atoms with Crippen molar-refractivity contribution in [2.45, 2.75) is 38.1 Å². The van der Waals surface area contributed by atoms with Gasteiger partial charge in [-0.25, -0.2) is 4.79 Å². The minimum absolute atomic E-state index is 0.104. The highest BCUT2D eigenvalue weighted by atomic mass is 32.1. The third kappa shape index (κ3) is 6.36. The molecule has 0 aromatic heterocycles. The minimum Gasteiger partial charge on any atom is -0.465 e. The van der Waals surface area contributed by atoms with Gasteiger partial charge in [0.05, 0.1) is 12.7 Å². The van der Waals surface area contributed by atoms with Gasteiger partial charge in [-0.05, 0) is 67.5 Å². The molecule has 1 aliphatic rings. The van der Waals surface area contributed by atoms with Gasteiger partial charge in [0.15, 0.2) is 5.11 Å². The zero-order chi connectivity index (χ0) is 22.2. The zero-order valence-corrected chi connectivity index (χ0v) is 18.1. The highest BCUT2D eigenvalue weighted by Gasteiger charge is 2.17. The van der Waals surface area contributed by atoms with Gasteiger partial charge in [0.1, 0.15) is 0 Å². The predicted molar refractivity (Wildman–Crippen MR) is 122 cm³/mol. The molecule has 3 rings (SSSR count). The van der Waals surface area contributed by atoms with Crippen LogP contribution in [0.4, 0.5) is 5.69 Å². The van der Waals surface area contributed by atoms with Gasteiger partial charge in [0.2, 0.25) is 0 Å². The number of hydrogen-bond donors (Lipinski definition) is 3. The number of hydrogen-bond acceptors (Lipinski definition) is 5. The van der Waals surface area contributed by atoms with E-state index in [0.29, 0.717) is 22.4 Å². The molecule has 0 atom stereocenters. The van der Waals surface area contributed by atoms with Gasteiger partial charge in [-0.15, -0.1) is 0 Å². The van der Waals surface area contributed by atoms with Gasteiger partial charge < -0.3 is 15.4 Å². The van der Waals surface area contributed by atoms with Gasteiger partial charge in [-0.2, -0.15) is 0 Å². The van der Waals surface area contributed by atoms with E-state index in [4.69, 9.17) is 12.2 Å². The first-order valence-electron chi connectivity index (χ1n) is 10.2. The standard InChI is InChI=1S/C23H25N3O4S/c1-30-22(29)16-12-10-15(11-13-16)20(27)26-23(31)25-19-9-5-6-17(14-19)21(28)24-18-7-3-2-4-8-18/h5-6,9-14,18H,2-4,7-8H2,1H3,(H,24,28)(H2,25,26,27,31). The van der Waals surface area contributed by atoms with Crippen LogP contribution in [-0.2, 0) is 4.74 Å². The van der Waals surface area contributed by atoms with Gasteiger partial charge in [-0.1, -0.05) is 25.3 Å². The molecular weight excluding hydrogens is 414 g/mol. The number of carbonyl (C=O) groups is 3. The normalized spacial score (nSPS) is 13.7. The molecule has 0 aliphatic heterocycles. The third-order valence-corrected chi connectivity index (χ3v) is 5.32. The summed E-state index contributed by atoms with van der Waals surface area (Å²) >= 11 is 5.22. The summed E-state index contributed by atoms with van der Waals surface area (Å²) in [6, 6.07) is 13.2. The van der Waals surface area contributed by atoms with E-state index in [1.54, 1.807) is 24.3 Å². The quantitative estimate of drug-likeness (QED) is 0.486. The fraction of sp³-hybridized carbons (Fsp3) is 0.304. The van der Waals surface area contributed by atoms with E-state index in [2.05, 4.69) is 20.7 Å². The van der Waals surface area contributed by atoms with Crippen molar-refractivity contribution in [3.8, 4) is 0 Å². The fourth-order valence-corrected chi connectivity index (χ4v) is 3.68. The highest BCUT2D eigenvalue weighted by Crippen LogP contribution is 2.18. The first-order chi connectivity index (χ1) is 15.0. The number of benzene rings is 2. The van der Waals surface area contributed by atoms with Crippen LogP contribution >= 0.6 is 12.2 Å². The van der Waals surface area contributed by atoms with Crippen molar-refractivity contribution in [2.24, 2.45) is 0 Å². The summed E-state index contributed by atoms with van der Waals surface area (Å²) in [4.78, 5) is 36.4. The van der Waals surface area contributed by atoms with E-state index in [-0.39, 0.29) is 17.1 Å². The molecule has 2 aromatic carbocycles. The molecule has 0 spiro atoms. The molecule has 0 heterocycles. The van der Waals surface area contributed by atoms with Crippen molar-refractivity contribution in [3.05, 3.63) is 65.2 Å². The molecule has 1 fully saturated rings. The van der Waals surface area contributed by atoms with Gasteiger partial charge in [-0.3, -0.25) is 14.9 Å². The number of nitrogens with one attached hydrogen (secondary N) is 3. The summed E-state index contributed by atoms with van der Waals surface area (Å²) in [5, 5.41) is 8.70. The van der Waals surface area contributed by atoms with Crippen molar-refractivity contribution < 1.29 is 19.1 Å². The van der Waals surface area contributed by atoms with Crippen molar-refractivity contribution in [1.82, 2.24) is 10.6 Å². The zero-order valence-electron chi connectivity index (χ0n) is 17.3. The monoisotopic (exact) mass is 439 g/mol. The van der Waals surface area contributed by atoms with Crippen LogP contribution in [0.1, 0.15) is 63.2 Å². The first-order valence-corrected chi connectivity index (χ1v) is 10.6. The molecule has 7 nitrogen and oxygen atoms in total. The van der Waals surface area contributed by atoms with E-state index < -0.39 is 11.9 Å². The van der Waals surface area contributed by atoms with Gasteiger partial charge >= 0.3 is 5.97 Å². The lowest BCUT2D eigenvalue weighted by Gasteiger charge is -2.22. The molecule has 162 valence electrons. The Morgan fingerprint density at radius 1 is 0.903 bits per heavy atom. The highest BCUT2D eigenvalue weighted by molar-refractivity contribution is 7.80. The lowest BCUT2D eigenvalue weighted by Crippen LogP contribution is -2.36. The molecule has 3 N–H and O–H groups in total. The van der Waals surface area contributed by atoms with Crippen LogP contribution in [-0.4, -0.2) is 36.0 Å². The second-order valence-electron chi connectivity index (χ2n) is 7.37. The Labute approximate surface area is 186 Å². The Morgan fingerprint density at radius 2 is 1.58 bits per heavy atom. The second-order valence-corrected chi connectivity index (χ2v) is 7.77. The molecule has 8 heteroatoms. The maximum Gasteiger partial charge on any atom is 0.337 e. The van der Waals surface area contributed by atoms with Crippen LogP contribution in [0.15, 0.2) is 48.5 Å². The maximum absolute atomic E-state index is 12.5. The SMILES string of the molecule is COC(=O)c1ccc(C(=O)NC(=S)Nc2cccc(C(=O)NC3CCCCC3)c2)cc1. The summed E-state index contributed by atoms with van der Waals surface area (Å²) in [6.07, 6.45) is 5.54. The summed E-state index contributed by atoms with van der Waals surface area (Å²) in [5.74, 6) is -1.01. The van der Waals surface area contributed by atoms with Crippen molar-refractivity contribution in [2.75, 3.05) is 12.4 Å². The molecule has 0 radical (unpaired) electrons. The van der Waals surface area contributed by atoms with E-state index in [1.807, 2.05) is 0 Å². The summed E-state index contributed by atoms with van der Waals surface area (Å²) in [6.45, 7) is 0. The van der Waals surface area contributed by atoms with E-state index >= 15 is 0 Å². The van der Waals surface area contributed by atoms with Crippen LogP contribution in [0.2, 0.25) is 0 Å². The molecule has 0 saturated heterocycles. The molecule has 2 aromatic rings. The van der Waals surface area contributed by atoms with Gasteiger partial charge in [0.25, 0.3) is 11.8 Å². The van der Waals surface area contributed by atoms with E-state index in [0.717, 1.165) is 25.7 Å². The third-order valence-electron chi connectivity index (χ3n) is 5.12. The van der Waals surface area contributed by atoms with E-state index in [9.17, 15) is 14.4 Å². The predicted octanol–water partition coefficient (Wildman–Crippen LogP) is 3.66. The Morgan fingerprint density at radius 3 is 2.26 bits per heavy atom. The molecule has 31 heavy (non-hydrogen) atoms. The number of amides is 2. The smallest absolute Gasteiger partial charge is 0.337 e. The minimum atomic E-state index is -0.475. The number of ether oxygens (including phenoxy) is 1. The maximum atomic E-state index is 12.5. The Bertz CT molecular complexity index is 969. The molecule has 1 saturated carbocycles. The molecule has 0 bridgehead atoms. The van der Waals surface area contributed by atoms with Crippen molar-refractivity contribution in [3.63, 3.8) is 0 Å². The number of methoxy groups -OCH3 is 1. The Balaban J connectivity index is 1.56. The average molecular weight is 440 g/mol. The number of carbonyl (C=O) groups excluding carboxylic acids is 3. The topological polar surface area (TPSA) is 96.5 Å². The fourth-order valence-electron chi connectivity index (χ4n) is 3.47. The summed E-state index contributed by atoms with van der Waals surface area (Å²) in [5.41, 5.74) is 1.83. The Kier molecular flexibility index (Phi) is 7.72. The first kappa shape index (κ1) is 22.4. The molecule has 0 unspecified atom stereocenters.